The number of fused-ring (bicyclic) bond motifs is 2. The summed E-state index contributed by atoms with van der Waals surface area (Å²) in [6, 6.07) is 7.32. The van der Waals surface area contributed by atoms with Crippen molar-refractivity contribution in [2.75, 3.05) is 11.5 Å². The van der Waals surface area contributed by atoms with Crippen LogP contribution in [0.5, 0.6) is 0 Å². The summed E-state index contributed by atoms with van der Waals surface area (Å²) < 4.78 is 0. The zero-order valence-electron chi connectivity index (χ0n) is 10.2. The summed E-state index contributed by atoms with van der Waals surface area (Å²) in [5.41, 5.74) is 12.0. The number of nitrogens with two attached hydrogens (primary N) is 2. The first-order valence-corrected chi connectivity index (χ1v) is 5.80. The molecule has 2 aromatic rings. The van der Waals surface area contributed by atoms with Crippen LogP contribution in [0.2, 0.25) is 0 Å². The molecule has 2 aromatic carbocycles. The van der Waals surface area contributed by atoms with E-state index in [1.807, 2.05) is 0 Å². The summed E-state index contributed by atoms with van der Waals surface area (Å²) in [7, 11) is 0. The second-order valence-corrected chi connectivity index (χ2v) is 4.44. The van der Waals surface area contributed by atoms with E-state index in [2.05, 4.69) is 5.18 Å². The molecule has 0 saturated heterocycles. The molecule has 0 unspecified atom stereocenters. The van der Waals surface area contributed by atoms with E-state index < -0.39 is 11.6 Å². The highest BCUT2D eigenvalue weighted by atomic mass is 16.3. The molecule has 0 aliphatic heterocycles. The van der Waals surface area contributed by atoms with Crippen molar-refractivity contribution in [3.63, 3.8) is 0 Å². The topological polar surface area (TPSA) is 116 Å². The van der Waals surface area contributed by atoms with Crippen molar-refractivity contribution in [2.24, 2.45) is 5.18 Å². The van der Waals surface area contributed by atoms with Gasteiger partial charge in [-0.2, -0.15) is 0 Å². The Bertz CT molecular complexity index is 796. The molecule has 98 valence electrons. The van der Waals surface area contributed by atoms with Gasteiger partial charge >= 0.3 is 0 Å². The van der Waals surface area contributed by atoms with Crippen molar-refractivity contribution in [1.82, 2.24) is 0 Å². The SMILES string of the molecule is Nc1cccc2c1C(=O)c1c(N=O)ccc(N)c1C2=O. The zero-order chi connectivity index (χ0) is 14.4. The monoisotopic (exact) mass is 267 g/mol. The van der Waals surface area contributed by atoms with E-state index in [1.165, 1.54) is 24.3 Å². The number of hydrogen-bond donors (Lipinski definition) is 2. The van der Waals surface area contributed by atoms with Crippen LogP contribution in [0.15, 0.2) is 35.5 Å². The second kappa shape index (κ2) is 3.99. The predicted octanol–water partition coefficient (Wildman–Crippen LogP) is 2.02. The van der Waals surface area contributed by atoms with Gasteiger partial charge in [-0.15, -0.1) is 4.91 Å². The summed E-state index contributed by atoms with van der Waals surface area (Å²) >= 11 is 0. The number of anilines is 2. The molecule has 0 bridgehead atoms. The van der Waals surface area contributed by atoms with Gasteiger partial charge in [-0.3, -0.25) is 9.59 Å². The van der Waals surface area contributed by atoms with Crippen molar-refractivity contribution in [2.45, 2.75) is 0 Å². The van der Waals surface area contributed by atoms with Crippen LogP contribution in [0.25, 0.3) is 0 Å². The van der Waals surface area contributed by atoms with Gasteiger partial charge in [0.25, 0.3) is 0 Å². The fourth-order valence-corrected chi connectivity index (χ4v) is 2.43. The van der Waals surface area contributed by atoms with Crippen LogP contribution in [-0.2, 0) is 0 Å². The lowest BCUT2D eigenvalue weighted by Crippen LogP contribution is -2.23. The van der Waals surface area contributed by atoms with Gasteiger partial charge in [0.1, 0.15) is 5.69 Å². The molecule has 0 amide bonds. The molecule has 0 radical (unpaired) electrons. The maximum Gasteiger partial charge on any atom is 0.198 e. The first kappa shape index (κ1) is 12.0. The molecule has 6 heteroatoms. The number of ketones is 2. The van der Waals surface area contributed by atoms with Gasteiger partial charge in [-0.05, 0) is 23.4 Å². The highest BCUT2D eigenvalue weighted by molar-refractivity contribution is 6.33. The third-order valence-corrected chi connectivity index (χ3v) is 3.34. The molecule has 0 heterocycles. The first-order valence-electron chi connectivity index (χ1n) is 5.80. The molecule has 0 aromatic heterocycles. The quantitative estimate of drug-likeness (QED) is 0.517. The van der Waals surface area contributed by atoms with Gasteiger partial charge in [0.2, 0.25) is 0 Å². The highest BCUT2D eigenvalue weighted by Crippen LogP contribution is 2.38. The lowest BCUT2D eigenvalue weighted by atomic mass is 9.81. The van der Waals surface area contributed by atoms with Crippen molar-refractivity contribution >= 4 is 28.6 Å². The Labute approximate surface area is 113 Å². The third kappa shape index (κ3) is 1.38. The summed E-state index contributed by atoms with van der Waals surface area (Å²) in [5.74, 6) is -0.931. The standard InChI is InChI=1S/C14H9N3O3/c15-7-3-1-2-6-10(7)14(19)12-9(17-20)5-4-8(16)11(12)13(6)18/h1-5H,15-16H2. The van der Waals surface area contributed by atoms with E-state index in [4.69, 9.17) is 11.5 Å². The second-order valence-electron chi connectivity index (χ2n) is 4.44. The molecular weight excluding hydrogens is 258 g/mol. The molecule has 1 aliphatic rings. The molecule has 0 saturated carbocycles. The minimum Gasteiger partial charge on any atom is -0.398 e. The number of carbonyl (C=O) groups excluding carboxylic acids is 2. The van der Waals surface area contributed by atoms with Gasteiger partial charge in [0.15, 0.2) is 11.6 Å². The molecule has 4 N–H and O–H groups in total. The van der Waals surface area contributed by atoms with Gasteiger partial charge in [-0.1, -0.05) is 12.1 Å². The van der Waals surface area contributed by atoms with Crippen LogP contribution >= 0.6 is 0 Å². The van der Waals surface area contributed by atoms with Crippen molar-refractivity contribution in [1.29, 1.82) is 0 Å². The summed E-state index contributed by atoms with van der Waals surface area (Å²) in [4.78, 5) is 35.8. The number of nitrogen functional groups attached to an aromatic ring is 2. The van der Waals surface area contributed by atoms with E-state index in [0.29, 0.717) is 0 Å². The van der Waals surface area contributed by atoms with Gasteiger partial charge < -0.3 is 11.5 Å². The molecule has 0 atom stereocenters. The number of rotatable bonds is 1. The predicted molar refractivity (Wildman–Crippen MR) is 74.0 cm³/mol. The van der Waals surface area contributed by atoms with E-state index in [0.717, 1.165) is 0 Å². The van der Waals surface area contributed by atoms with Crippen LogP contribution in [0, 0.1) is 4.91 Å². The molecule has 6 nitrogen and oxygen atoms in total. The summed E-state index contributed by atoms with van der Waals surface area (Å²) in [5, 5.41) is 2.79. The molecule has 20 heavy (non-hydrogen) atoms. The Balaban J connectivity index is 2.44. The molecule has 3 rings (SSSR count). The molecule has 0 fully saturated rings. The fourth-order valence-electron chi connectivity index (χ4n) is 2.43. The smallest absolute Gasteiger partial charge is 0.198 e. The lowest BCUT2D eigenvalue weighted by Gasteiger charge is -2.20. The van der Waals surface area contributed by atoms with Crippen molar-refractivity contribution in [3.05, 3.63) is 57.5 Å². The number of carbonyl (C=O) groups is 2. The molecule has 1 aliphatic carbocycles. The van der Waals surface area contributed by atoms with E-state index in [-0.39, 0.29) is 39.3 Å². The summed E-state index contributed by atoms with van der Waals surface area (Å²) in [6.07, 6.45) is 0. The number of hydrogen-bond acceptors (Lipinski definition) is 6. The van der Waals surface area contributed by atoms with Crippen LogP contribution in [0.4, 0.5) is 17.1 Å². The fraction of sp³-hybridized carbons (Fsp3) is 0. The van der Waals surface area contributed by atoms with E-state index >= 15 is 0 Å². The normalized spacial score (nSPS) is 12.8. The molecular formula is C14H9N3O3. The minimum atomic E-state index is -0.505. The van der Waals surface area contributed by atoms with Gasteiger partial charge in [0, 0.05) is 16.9 Å². The Morgan fingerprint density at radius 1 is 0.800 bits per heavy atom. The largest absolute Gasteiger partial charge is 0.398 e. The Morgan fingerprint density at radius 2 is 1.50 bits per heavy atom. The number of nitrogens with zero attached hydrogens (tertiary/aromatic N) is 1. The van der Waals surface area contributed by atoms with Crippen LogP contribution in [0.1, 0.15) is 31.8 Å². The van der Waals surface area contributed by atoms with E-state index in [9.17, 15) is 14.5 Å². The Morgan fingerprint density at radius 3 is 2.20 bits per heavy atom. The minimum absolute atomic E-state index is 0.0187. The number of benzene rings is 2. The van der Waals surface area contributed by atoms with Crippen LogP contribution in [-0.4, -0.2) is 11.6 Å². The maximum atomic E-state index is 12.5. The first-order chi connectivity index (χ1) is 9.56. The highest BCUT2D eigenvalue weighted by Gasteiger charge is 2.35. The van der Waals surface area contributed by atoms with E-state index in [1.54, 1.807) is 6.07 Å². The van der Waals surface area contributed by atoms with Crippen LogP contribution < -0.4 is 11.5 Å². The van der Waals surface area contributed by atoms with Crippen molar-refractivity contribution in [3.8, 4) is 0 Å². The average Bonchev–Trinajstić information content (AvgIpc) is 2.44. The lowest BCUT2D eigenvalue weighted by molar-refractivity contribution is 0.0981. The van der Waals surface area contributed by atoms with Crippen LogP contribution in [0.3, 0.4) is 0 Å². The molecule has 0 spiro atoms. The third-order valence-electron chi connectivity index (χ3n) is 3.34. The summed E-state index contributed by atoms with van der Waals surface area (Å²) in [6.45, 7) is 0. The maximum absolute atomic E-state index is 12.5. The average molecular weight is 267 g/mol. The Kier molecular flexibility index (Phi) is 2.40. The Hall–Kier alpha value is -3.02. The zero-order valence-corrected chi connectivity index (χ0v) is 10.2. The van der Waals surface area contributed by atoms with Gasteiger partial charge in [0.05, 0.1) is 16.7 Å². The van der Waals surface area contributed by atoms with Gasteiger partial charge in [-0.25, -0.2) is 0 Å². The van der Waals surface area contributed by atoms with Crippen molar-refractivity contribution < 1.29 is 9.59 Å². The number of nitroso groups, excluding NO2 is 1.